The van der Waals surface area contributed by atoms with Crippen molar-refractivity contribution in [2.45, 2.75) is 52.7 Å². The smallest absolute Gasteiger partial charge is 0.407 e. The van der Waals surface area contributed by atoms with Gasteiger partial charge in [0.1, 0.15) is 11.2 Å². The molecule has 0 aliphatic rings. The second kappa shape index (κ2) is 7.95. The molecule has 0 atom stereocenters. The minimum atomic E-state index is -0.508. The molecule has 28 heavy (non-hydrogen) atoms. The van der Waals surface area contributed by atoms with Gasteiger partial charge in [0.25, 0.3) is 0 Å². The van der Waals surface area contributed by atoms with Gasteiger partial charge in [-0.25, -0.2) is 9.78 Å². The van der Waals surface area contributed by atoms with Gasteiger partial charge in [-0.1, -0.05) is 32.0 Å². The highest BCUT2D eigenvalue weighted by atomic mass is 79.9. The monoisotopic (exact) mass is 443 g/mol. The number of pyridine rings is 1. The predicted molar refractivity (Wildman–Crippen MR) is 116 cm³/mol. The normalized spacial score (nSPS) is 11.8. The highest BCUT2D eigenvalue weighted by Crippen LogP contribution is 2.34. The number of hydrogen-bond donors (Lipinski definition) is 2. The molecule has 2 aromatic heterocycles. The van der Waals surface area contributed by atoms with Crippen LogP contribution in [0.25, 0.3) is 22.2 Å². The number of carbonyl (C=O) groups is 1. The summed E-state index contributed by atoms with van der Waals surface area (Å²) in [6.45, 7) is 10.3. The molecular weight excluding hydrogens is 418 g/mol. The molecule has 2 heterocycles. The minimum Gasteiger partial charge on any atom is -0.444 e. The van der Waals surface area contributed by atoms with E-state index in [1.165, 1.54) is 5.56 Å². The van der Waals surface area contributed by atoms with Crippen LogP contribution in [0.2, 0.25) is 0 Å². The summed E-state index contributed by atoms with van der Waals surface area (Å²) in [6, 6.07) is 8.39. The number of nitrogens with zero attached hydrogens (tertiary/aromatic N) is 1. The number of aromatic amines is 1. The van der Waals surface area contributed by atoms with E-state index in [9.17, 15) is 4.79 Å². The Hall–Kier alpha value is -2.34. The first-order valence-corrected chi connectivity index (χ1v) is 10.2. The number of hydrogen-bond acceptors (Lipinski definition) is 3. The Bertz CT molecular complexity index is 1000. The maximum absolute atomic E-state index is 12.0. The topological polar surface area (TPSA) is 67.0 Å². The predicted octanol–water partition coefficient (Wildman–Crippen LogP) is 6.14. The lowest BCUT2D eigenvalue weighted by molar-refractivity contribution is 0.0523. The van der Waals surface area contributed by atoms with Crippen LogP contribution in [0.3, 0.4) is 0 Å². The largest absolute Gasteiger partial charge is 0.444 e. The second-order valence-electron chi connectivity index (χ2n) is 8.14. The molecule has 3 aromatic rings. The highest BCUT2D eigenvalue weighted by Gasteiger charge is 2.17. The van der Waals surface area contributed by atoms with Crippen molar-refractivity contribution >= 4 is 33.1 Å². The standard InChI is InChI=1S/C22H26BrN3O2/c1-13(2)17-10-14(16-8-9-24-20-19(16)18(23)12-25-20)6-7-15(17)11-26-21(27)28-22(3,4)5/h6-10,12-13H,11H2,1-5H3,(H,24,25)(H,26,27). The average Bonchev–Trinajstić information content (AvgIpc) is 3.00. The van der Waals surface area contributed by atoms with Crippen molar-refractivity contribution in [2.75, 3.05) is 0 Å². The Morgan fingerprint density at radius 2 is 2.04 bits per heavy atom. The molecule has 0 radical (unpaired) electrons. The first-order valence-electron chi connectivity index (χ1n) is 9.37. The number of alkyl carbamates (subject to hydrolysis) is 1. The number of H-pyrrole nitrogens is 1. The Balaban J connectivity index is 1.91. The zero-order chi connectivity index (χ0) is 20.5. The van der Waals surface area contributed by atoms with Crippen LogP contribution < -0.4 is 5.32 Å². The number of halogens is 1. The maximum Gasteiger partial charge on any atom is 0.407 e. The summed E-state index contributed by atoms with van der Waals surface area (Å²) in [5, 5.41) is 3.93. The summed E-state index contributed by atoms with van der Waals surface area (Å²) < 4.78 is 6.33. The maximum atomic E-state index is 12.0. The van der Waals surface area contributed by atoms with E-state index >= 15 is 0 Å². The number of ether oxygens (including phenoxy) is 1. The van der Waals surface area contributed by atoms with E-state index in [1.807, 2.05) is 39.2 Å². The van der Waals surface area contributed by atoms with Gasteiger partial charge in [0.05, 0.1) is 0 Å². The molecule has 1 amide bonds. The van der Waals surface area contributed by atoms with Gasteiger partial charge < -0.3 is 15.0 Å². The fourth-order valence-corrected chi connectivity index (χ4v) is 3.72. The van der Waals surface area contributed by atoms with Crippen LogP contribution in [0.15, 0.2) is 41.1 Å². The van der Waals surface area contributed by atoms with Gasteiger partial charge in [0, 0.05) is 28.8 Å². The van der Waals surface area contributed by atoms with Crippen LogP contribution in [0.1, 0.15) is 51.7 Å². The Morgan fingerprint density at radius 3 is 2.71 bits per heavy atom. The number of rotatable bonds is 4. The van der Waals surface area contributed by atoms with Crippen LogP contribution in [0, 0.1) is 0 Å². The zero-order valence-electron chi connectivity index (χ0n) is 16.9. The van der Waals surface area contributed by atoms with Gasteiger partial charge in [-0.15, -0.1) is 0 Å². The van der Waals surface area contributed by atoms with Crippen molar-refractivity contribution in [1.82, 2.24) is 15.3 Å². The first kappa shape index (κ1) is 20.4. The summed E-state index contributed by atoms with van der Waals surface area (Å²) in [5.41, 5.74) is 4.87. The number of benzene rings is 1. The van der Waals surface area contributed by atoms with E-state index in [0.29, 0.717) is 12.5 Å². The summed E-state index contributed by atoms with van der Waals surface area (Å²) in [6.07, 6.45) is 3.32. The van der Waals surface area contributed by atoms with E-state index in [0.717, 1.165) is 32.2 Å². The lowest BCUT2D eigenvalue weighted by Crippen LogP contribution is -2.32. The van der Waals surface area contributed by atoms with Gasteiger partial charge in [-0.3, -0.25) is 0 Å². The van der Waals surface area contributed by atoms with E-state index < -0.39 is 11.7 Å². The lowest BCUT2D eigenvalue weighted by atomic mass is 9.92. The van der Waals surface area contributed by atoms with Crippen molar-refractivity contribution in [3.05, 3.63) is 52.3 Å². The van der Waals surface area contributed by atoms with Gasteiger partial charge in [0.15, 0.2) is 0 Å². The molecule has 5 nitrogen and oxygen atoms in total. The van der Waals surface area contributed by atoms with Crippen molar-refractivity contribution in [3.8, 4) is 11.1 Å². The molecule has 148 valence electrons. The fourth-order valence-electron chi connectivity index (χ4n) is 3.20. The van der Waals surface area contributed by atoms with E-state index in [1.54, 1.807) is 0 Å². The number of nitrogens with one attached hydrogen (secondary N) is 2. The third-order valence-corrected chi connectivity index (χ3v) is 5.05. The molecule has 0 saturated carbocycles. The molecule has 0 unspecified atom stereocenters. The van der Waals surface area contributed by atoms with Crippen LogP contribution in [-0.4, -0.2) is 21.7 Å². The molecule has 0 saturated heterocycles. The number of amides is 1. The molecule has 6 heteroatoms. The number of aromatic nitrogens is 2. The van der Waals surface area contributed by atoms with Gasteiger partial charge >= 0.3 is 6.09 Å². The van der Waals surface area contributed by atoms with E-state index in [-0.39, 0.29) is 0 Å². The molecule has 0 bridgehead atoms. The van der Waals surface area contributed by atoms with Crippen LogP contribution >= 0.6 is 15.9 Å². The Morgan fingerprint density at radius 1 is 1.29 bits per heavy atom. The van der Waals surface area contributed by atoms with Crippen LogP contribution in [-0.2, 0) is 11.3 Å². The number of carbonyl (C=O) groups excluding carboxylic acids is 1. The zero-order valence-corrected chi connectivity index (χ0v) is 18.5. The first-order chi connectivity index (χ1) is 13.2. The number of fused-ring (bicyclic) bond motifs is 1. The van der Waals surface area contributed by atoms with Crippen molar-refractivity contribution in [1.29, 1.82) is 0 Å². The molecule has 0 aliphatic heterocycles. The summed E-state index contributed by atoms with van der Waals surface area (Å²) in [5.74, 6) is 0.322. The molecule has 2 N–H and O–H groups in total. The second-order valence-corrected chi connectivity index (χ2v) is 9.00. The van der Waals surface area contributed by atoms with Gasteiger partial charge in [0.2, 0.25) is 0 Å². The summed E-state index contributed by atoms with van der Waals surface area (Å²) in [4.78, 5) is 19.6. The molecule has 0 aliphatic carbocycles. The Kier molecular flexibility index (Phi) is 5.79. The van der Waals surface area contributed by atoms with Gasteiger partial charge in [-0.2, -0.15) is 0 Å². The highest BCUT2D eigenvalue weighted by molar-refractivity contribution is 9.10. The van der Waals surface area contributed by atoms with Crippen molar-refractivity contribution in [3.63, 3.8) is 0 Å². The third-order valence-electron chi connectivity index (χ3n) is 4.43. The van der Waals surface area contributed by atoms with Crippen molar-refractivity contribution in [2.24, 2.45) is 0 Å². The fraction of sp³-hybridized carbons (Fsp3) is 0.364. The molecule has 1 aromatic carbocycles. The minimum absolute atomic E-state index is 0.322. The van der Waals surface area contributed by atoms with Crippen LogP contribution in [0.4, 0.5) is 4.79 Å². The average molecular weight is 444 g/mol. The third kappa shape index (κ3) is 4.55. The molecule has 0 spiro atoms. The van der Waals surface area contributed by atoms with Crippen molar-refractivity contribution < 1.29 is 9.53 Å². The van der Waals surface area contributed by atoms with E-state index in [2.05, 4.69) is 63.3 Å². The molecule has 3 rings (SSSR count). The quantitative estimate of drug-likeness (QED) is 0.508. The molecular formula is C22H26BrN3O2. The summed E-state index contributed by atoms with van der Waals surface area (Å²) >= 11 is 3.61. The van der Waals surface area contributed by atoms with Gasteiger partial charge in [-0.05, 0) is 70.9 Å². The van der Waals surface area contributed by atoms with Crippen LogP contribution in [0.5, 0.6) is 0 Å². The lowest BCUT2D eigenvalue weighted by Gasteiger charge is -2.21. The Labute approximate surface area is 174 Å². The molecule has 0 fully saturated rings. The SMILES string of the molecule is CC(C)c1cc(-c2ccnc3[nH]cc(Br)c23)ccc1CNC(=O)OC(C)(C)C. The van der Waals surface area contributed by atoms with E-state index in [4.69, 9.17) is 4.74 Å². The summed E-state index contributed by atoms with van der Waals surface area (Å²) in [7, 11) is 0.